The fourth-order valence-electron chi connectivity index (χ4n) is 7.86. The number of anilines is 1. The first-order valence-corrected chi connectivity index (χ1v) is 16.8. The largest absolute Gasteiger partial charge is 0.507 e. The molecule has 3 aliphatic rings. The van der Waals surface area contributed by atoms with E-state index < -0.39 is 11.8 Å². The van der Waals surface area contributed by atoms with Crippen molar-refractivity contribution in [2.45, 2.75) is 25.4 Å². The van der Waals surface area contributed by atoms with Gasteiger partial charge in [0.25, 0.3) is 0 Å². The molecule has 4 aromatic carbocycles. The van der Waals surface area contributed by atoms with Crippen LogP contribution in [0, 0.1) is 17.8 Å². The van der Waals surface area contributed by atoms with Gasteiger partial charge in [-0.2, -0.15) is 0 Å². The first kappa shape index (κ1) is 30.8. The monoisotopic (exact) mass is 648 g/mol. The molecule has 2 aliphatic heterocycles. The lowest BCUT2D eigenvalue weighted by Gasteiger charge is -2.31. The van der Waals surface area contributed by atoms with E-state index in [1.165, 1.54) is 4.90 Å². The molecular formula is C42H36N2O5. The van der Waals surface area contributed by atoms with E-state index >= 15 is 0 Å². The second kappa shape index (κ2) is 13.2. The highest BCUT2D eigenvalue weighted by Crippen LogP contribution is 2.51. The van der Waals surface area contributed by atoms with Crippen molar-refractivity contribution in [1.29, 1.82) is 0 Å². The van der Waals surface area contributed by atoms with Crippen LogP contribution >= 0.6 is 0 Å². The number of aromatic nitrogens is 1. The second-order valence-corrected chi connectivity index (χ2v) is 12.9. The Bertz CT molecular complexity index is 2080. The average molecular weight is 649 g/mol. The Labute approximate surface area is 285 Å². The van der Waals surface area contributed by atoms with Gasteiger partial charge in [0.2, 0.25) is 11.8 Å². The number of phenolic OH excluding ortho intramolecular Hbond substituents is 1. The molecule has 1 N–H and O–H groups in total. The van der Waals surface area contributed by atoms with Gasteiger partial charge in [-0.1, -0.05) is 72.8 Å². The van der Waals surface area contributed by atoms with Crippen molar-refractivity contribution >= 4 is 39.9 Å². The van der Waals surface area contributed by atoms with Gasteiger partial charge >= 0.3 is 0 Å². The number of fused-ring (bicyclic) bond motifs is 4. The summed E-state index contributed by atoms with van der Waals surface area (Å²) in [5.74, 6) is -0.424. The Hall–Kier alpha value is -5.53. The fraction of sp³-hybridized carbons (Fsp3) is 0.214. The lowest BCUT2D eigenvalue weighted by Crippen LogP contribution is -2.35. The summed E-state index contributed by atoms with van der Waals surface area (Å²) in [6.45, 7) is 0.705. The number of para-hydroxylation sites is 2. The molecule has 0 spiro atoms. The number of pyridine rings is 1. The molecule has 3 heterocycles. The molecule has 5 aromatic rings. The average Bonchev–Trinajstić information content (AvgIpc) is 3.68. The smallest absolute Gasteiger partial charge is 0.238 e. The molecule has 1 aliphatic carbocycles. The van der Waals surface area contributed by atoms with Gasteiger partial charge in [0.05, 0.1) is 35.9 Å². The van der Waals surface area contributed by atoms with Crippen LogP contribution in [0.3, 0.4) is 0 Å². The normalized spacial score (nSPS) is 22.0. The van der Waals surface area contributed by atoms with Crippen molar-refractivity contribution in [1.82, 2.24) is 4.98 Å². The van der Waals surface area contributed by atoms with E-state index in [0.29, 0.717) is 38.2 Å². The molecule has 2 amide bonds. The standard InChI is InChI=1S/C42H36N2O5/c45-37-20-18-27(32-15-7-8-16-33(32)37)23-28(36-17-9-10-22-43-36)19-21-38-39-29(25-48-31-13-5-2-6-14-31)24-34-40(35(39)26-49-38)42(47)44(41(34)46)30-11-3-1-4-12-30/h1-18,20,22-23,34-35,38,40,45H,19,21,24-26H2/b28-23-/t34-,35+,38-,40-/m1/s1. The summed E-state index contributed by atoms with van der Waals surface area (Å²) in [6, 6.07) is 36.3. The molecule has 7 heteroatoms. The van der Waals surface area contributed by atoms with Crippen molar-refractivity contribution in [3.05, 3.63) is 144 Å². The summed E-state index contributed by atoms with van der Waals surface area (Å²) in [6.07, 6.45) is 5.50. The zero-order valence-corrected chi connectivity index (χ0v) is 26.9. The summed E-state index contributed by atoms with van der Waals surface area (Å²) < 4.78 is 12.8. The Balaban J connectivity index is 1.13. The topological polar surface area (TPSA) is 89.0 Å². The van der Waals surface area contributed by atoms with Crippen LogP contribution in [-0.2, 0) is 14.3 Å². The van der Waals surface area contributed by atoms with Crippen LogP contribution in [-0.4, -0.2) is 41.2 Å². The molecule has 0 radical (unpaired) electrons. The van der Waals surface area contributed by atoms with E-state index in [-0.39, 0.29) is 29.6 Å². The van der Waals surface area contributed by atoms with Crippen molar-refractivity contribution in [3.63, 3.8) is 0 Å². The van der Waals surface area contributed by atoms with Gasteiger partial charge in [0.1, 0.15) is 18.1 Å². The zero-order valence-electron chi connectivity index (χ0n) is 26.9. The van der Waals surface area contributed by atoms with Gasteiger partial charge in [-0.3, -0.25) is 19.5 Å². The van der Waals surface area contributed by atoms with Crippen LogP contribution in [0.15, 0.2) is 133 Å². The second-order valence-electron chi connectivity index (χ2n) is 12.9. The Kier molecular flexibility index (Phi) is 8.27. The van der Waals surface area contributed by atoms with Crippen LogP contribution < -0.4 is 9.64 Å². The molecule has 8 rings (SSSR count). The van der Waals surface area contributed by atoms with E-state index in [1.54, 1.807) is 12.3 Å². The number of carbonyl (C=O) groups is 2. The molecule has 4 atom stereocenters. The molecule has 49 heavy (non-hydrogen) atoms. The van der Waals surface area contributed by atoms with E-state index in [9.17, 15) is 14.7 Å². The molecule has 1 aromatic heterocycles. The summed E-state index contributed by atoms with van der Waals surface area (Å²) >= 11 is 0. The number of carbonyl (C=O) groups excluding carboxylic acids is 2. The molecule has 0 unspecified atom stereocenters. The molecule has 2 fully saturated rings. The third-order valence-corrected chi connectivity index (χ3v) is 10.1. The van der Waals surface area contributed by atoms with Crippen LogP contribution in [0.4, 0.5) is 5.69 Å². The molecule has 244 valence electrons. The van der Waals surface area contributed by atoms with Gasteiger partial charge in [0.15, 0.2) is 0 Å². The van der Waals surface area contributed by atoms with Crippen molar-refractivity contribution in [2.75, 3.05) is 18.1 Å². The SMILES string of the molecule is O=C1[C@@H]2[C@@H](CC(COc3ccccc3)=C3[C@@H](CC/C(=C/c4ccc(O)c5ccccc45)c4ccccn4)OC[C@@H]32)C(=O)N1c1ccccc1. The van der Waals surface area contributed by atoms with Gasteiger partial charge in [-0.15, -0.1) is 0 Å². The highest BCUT2D eigenvalue weighted by Gasteiger charge is 2.57. The molecule has 2 saturated heterocycles. The minimum absolute atomic E-state index is 0.149. The Morgan fingerprint density at radius 3 is 2.35 bits per heavy atom. The maximum Gasteiger partial charge on any atom is 0.238 e. The Morgan fingerprint density at radius 1 is 0.837 bits per heavy atom. The summed E-state index contributed by atoms with van der Waals surface area (Å²) in [5, 5.41) is 12.3. The third-order valence-electron chi connectivity index (χ3n) is 10.1. The number of ether oxygens (including phenoxy) is 2. The predicted octanol–water partition coefficient (Wildman–Crippen LogP) is 7.86. The third kappa shape index (κ3) is 5.80. The van der Waals surface area contributed by atoms with Crippen LogP contribution in [0.5, 0.6) is 11.5 Å². The predicted molar refractivity (Wildman–Crippen MR) is 190 cm³/mol. The first-order chi connectivity index (χ1) is 24.1. The number of aromatic hydroxyl groups is 1. The molecule has 0 saturated carbocycles. The van der Waals surface area contributed by atoms with Crippen molar-refractivity contribution in [2.24, 2.45) is 17.8 Å². The van der Waals surface area contributed by atoms with Gasteiger partial charge in [-0.25, -0.2) is 0 Å². The number of phenols is 1. The highest BCUT2D eigenvalue weighted by molar-refractivity contribution is 6.22. The van der Waals surface area contributed by atoms with E-state index in [1.807, 2.05) is 109 Å². The lowest BCUT2D eigenvalue weighted by molar-refractivity contribution is -0.122. The highest BCUT2D eigenvalue weighted by atomic mass is 16.5. The van der Waals surface area contributed by atoms with Gasteiger partial charge in [0, 0.05) is 17.5 Å². The van der Waals surface area contributed by atoms with Crippen molar-refractivity contribution < 1.29 is 24.2 Å². The quantitative estimate of drug-likeness (QED) is 0.129. The number of rotatable bonds is 9. The molecule has 0 bridgehead atoms. The number of hydrogen-bond donors (Lipinski definition) is 1. The zero-order chi connectivity index (χ0) is 33.3. The van der Waals surface area contributed by atoms with Crippen LogP contribution in [0.1, 0.15) is 30.5 Å². The summed E-state index contributed by atoms with van der Waals surface area (Å²) in [5.41, 5.74) is 5.66. The van der Waals surface area contributed by atoms with E-state index in [0.717, 1.165) is 44.5 Å². The van der Waals surface area contributed by atoms with E-state index in [2.05, 4.69) is 6.08 Å². The van der Waals surface area contributed by atoms with Gasteiger partial charge in [-0.05, 0) is 95.5 Å². The van der Waals surface area contributed by atoms with Crippen LogP contribution in [0.2, 0.25) is 0 Å². The maximum absolute atomic E-state index is 14.0. The first-order valence-electron chi connectivity index (χ1n) is 16.8. The summed E-state index contributed by atoms with van der Waals surface area (Å²) in [7, 11) is 0. The minimum atomic E-state index is -0.470. The lowest BCUT2D eigenvalue weighted by atomic mass is 9.69. The van der Waals surface area contributed by atoms with Crippen molar-refractivity contribution in [3.8, 4) is 11.5 Å². The summed E-state index contributed by atoms with van der Waals surface area (Å²) in [4.78, 5) is 34.0. The maximum atomic E-state index is 14.0. The number of imide groups is 1. The van der Waals surface area contributed by atoms with Gasteiger partial charge < -0.3 is 14.6 Å². The molecule has 7 nitrogen and oxygen atoms in total. The van der Waals surface area contributed by atoms with Crippen LogP contribution in [0.25, 0.3) is 22.4 Å². The van der Waals surface area contributed by atoms with E-state index in [4.69, 9.17) is 14.5 Å². The number of hydrogen-bond acceptors (Lipinski definition) is 6. The number of benzene rings is 4. The number of nitrogens with zero attached hydrogens (tertiary/aromatic N) is 2. The molecular weight excluding hydrogens is 612 g/mol. The minimum Gasteiger partial charge on any atom is -0.507 e. The number of allylic oxidation sites excluding steroid dienone is 1. The fourth-order valence-corrected chi connectivity index (χ4v) is 7.86. The number of amides is 2. The Morgan fingerprint density at radius 2 is 1.57 bits per heavy atom.